The lowest BCUT2D eigenvalue weighted by Gasteiger charge is -2.21. The average molecular weight is 251 g/mol. The first-order chi connectivity index (χ1) is 8.81. The lowest BCUT2D eigenvalue weighted by molar-refractivity contribution is 0.152. The third-order valence-corrected chi connectivity index (χ3v) is 2.86. The molecule has 1 aromatic rings. The van der Waals surface area contributed by atoms with Crippen LogP contribution in [-0.4, -0.2) is 37.9 Å². The van der Waals surface area contributed by atoms with E-state index >= 15 is 0 Å². The second-order valence-corrected chi connectivity index (χ2v) is 4.37. The van der Waals surface area contributed by atoms with Crippen molar-refractivity contribution in [2.45, 2.75) is 19.8 Å². The molecule has 1 fully saturated rings. The monoisotopic (exact) mass is 251 g/mol. The van der Waals surface area contributed by atoms with Gasteiger partial charge >= 0.3 is 0 Å². The van der Waals surface area contributed by atoms with E-state index in [9.17, 15) is 0 Å². The van der Waals surface area contributed by atoms with E-state index in [2.05, 4.69) is 16.8 Å². The molecule has 1 aliphatic rings. The molecule has 0 saturated carbocycles. The molecule has 1 aromatic heterocycles. The van der Waals surface area contributed by atoms with Crippen molar-refractivity contribution in [3.05, 3.63) is 12.1 Å². The summed E-state index contributed by atoms with van der Waals surface area (Å²) in [6, 6.07) is 3.80. The topological polar surface area (TPSA) is 60.6 Å². The smallest absolute Gasteiger partial charge is 0.239 e. The first-order valence-electron chi connectivity index (χ1n) is 6.53. The zero-order valence-electron chi connectivity index (χ0n) is 10.9. The minimum absolute atomic E-state index is 0.541. The number of ether oxygens (including phenoxy) is 2. The Hall–Kier alpha value is -1.49. The summed E-state index contributed by atoms with van der Waals surface area (Å²) in [6.07, 6.45) is 1.97. The Labute approximate surface area is 108 Å². The number of rotatable bonds is 4. The molecule has 100 valence electrons. The fourth-order valence-corrected chi connectivity index (χ4v) is 1.91. The predicted octanol–water partition coefficient (Wildman–Crippen LogP) is 1.68. The van der Waals surface area contributed by atoms with Gasteiger partial charge in [0, 0.05) is 19.7 Å². The van der Waals surface area contributed by atoms with E-state index in [-0.39, 0.29) is 0 Å². The molecule has 18 heavy (non-hydrogen) atoms. The van der Waals surface area contributed by atoms with E-state index in [1.165, 1.54) is 0 Å². The van der Waals surface area contributed by atoms with Gasteiger partial charge in [-0.1, -0.05) is 6.92 Å². The van der Waals surface area contributed by atoms with Crippen molar-refractivity contribution < 1.29 is 9.47 Å². The highest BCUT2D eigenvalue weighted by molar-refractivity contribution is 5.54. The highest BCUT2D eigenvalue weighted by atomic mass is 16.5. The number of pyridine rings is 1. The van der Waals surface area contributed by atoms with Crippen molar-refractivity contribution in [2.24, 2.45) is 0 Å². The lowest BCUT2D eigenvalue weighted by Crippen LogP contribution is -2.26. The SMILES string of the molecule is CCCOc1nc(N2CCCOCC2)ccc1N. The van der Waals surface area contributed by atoms with Crippen LogP contribution in [0, 0.1) is 0 Å². The molecule has 5 heteroatoms. The standard InChI is InChI=1S/C13H21N3O2/c1-2-8-18-13-11(14)4-5-12(15-13)16-6-3-9-17-10-7-16/h4-5H,2-3,6-10,14H2,1H3. The van der Waals surface area contributed by atoms with Gasteiger partial charge in [0.1, 0.15) is 5.82 Å². The van der Waals surface area contributed by atoms with Crippen molar-refractivity contribution in [1.29, 1.82) is 0 Å². The molecule has 0 aliphatic carbocycles. The van der Waals surface area contributed by atoms with Crippen LogP contribution in [0.5, 0.6) is 5.88 Å². The van der Waals surface area contributed by atoms with E-state index in [0.29, 0.717) is 18.2 Å². The molecule has 2 rings (SSSR count). The number of nitrogen functional groups attached to an aromatic ring is 1. The van der Waals surface area contributed by atoms with E-state index in [1.54, 1.807) is 0 Å². The summed E-state index contributed by atoms with van der Waals surface area (Å²) in [7, 11) is 0. The zero-order valence-corrected chi connectivity index (χ0v) is 10.9. The van der Waals surface area contributed by atoms with Crippen LogP contribution >= 0.6 is 0 Å². The van der Waals surface area contributed by atoms with Crippen LogP contribution in [0.3, 0.4) is 0 Å². The Kier molecular flexibility index (Phi) is 4.64. The van der Waals surface area contributed by atoms with Crippen LogP contribution in [-0.2, 0) is 4.74 Å². The Morgan fingerprint density at radius 3 is 3.11 bits per heavy atom. The van der Waals surface area contributed by atoms with Gasteiger partial charge < -0.3 is 20.1 Å². The lowest BCUT2D eigenvalue weighted by atomic mass is 10.3. The van der Waals surface area contributed by atoms with E-state index in [1.807, 2.05) is 12.1 Å². The van der Waals surface area contributed by atoms with Crippen molar-refractivity contribution >= 4 is 11.5 Å². The number of hydrogen-bond donors (Lipinski definition) is 1. The second kappa shape index (κ2) is 6.44. The summed E-state index contributed by atoms with van der Waals surface area (Å²) >= 11 is 0. The maximum atomic E-state index is 5.86. The summed E-state index contributed by atoms with van der Waals surface area (Å²) in [6.45, 7) is 6.10. The molecule has 0 spiro atoms. The van der Waals surface area contributed by atoms with Crippen LogP contribution in [0.15, 0.2) is 12.1 Å². The normalized spacial score (nSPS) is 16.4. The summed E-state index contributed by atoms with van der Waals surface area (Å²) < 4.78 is 11.0. The van der Waals surface area contributed by atoms with Gasteiger partial charge in [-0.05, 0) is 25.0 Å². The largest absolute Gasteiger partial charge is 0.476 e. The first kappa shape index (κ1) is 13.0. The summed E-state index contributed by atoms with van der Waals surface area (Å²) in [5, 5.41) is 0. The molecule has 2 heterocycles. The van der Waals surface area contributed by atoms with E-state index < -0.39 is 0 Å². The Morgan fingerprint density at radius 1 is 1.39 bits per heavy atom. The van der Waals surface area contributed by atoms with E-state index in [0.717, 1.165) is 45.0 Å². The maximum absolute atomic E-state index is 5.86. The van der Waals surface area contributed by atoms with Gasteiger partial charge in [-0.15, -0.1) is 0 Å². The predicted molar refractivity (Wildman–Crippen MR) is 72.1 cm³/mol. The summed E-state index contributed by atoms with van der Waals surface area (Å²) in [4.78, 5) is 6.71. The van der Waals surface area contributed by atoms with Gasteiger partial charge in [0.05, 0.1) is 18.9 Å². The number of nitrogens with two attached hydrogens (primary N) is 1. The zero-order chi connectivity index (χ0) is 12.8. The number of nitrogens with zero attached hydrogens (tertiary/aromatic N) is 2. The van der Waals surface area contributed by atoms with Crippen LogP contribution < -0.4 is 15.4 Å². The van der Waals surface area contributed by atoms with Gasteiger partial charge in [-0.2, -0.15) is 4.98 Å². The van der Waals surface area contributed by atoms with Gasteiger partial charge in [0.15, 0.2) is 0 Å². The minimum Gasteiger partial charge on any atom is -0.476 e. The Balaban J connectivity index is 2.11. The average Bonchev–Trinajstić information content (AvgIpc) is 2.67. The van der Waals surface area contributed by atoms with Crippen molar-refractivity contribution in [1.82, 2.24) is 4.98 Å². The fourth-order valence-electron chi connectivity index (χ4n) is 1.91. The van der Waals surface area contributed by atoms with Crippen molar-refractivity contribution in [2.75, 3.05) is 43.5 Å². The molecule has 0 bridgehead atoms. The molecule has 0 amide bonds. The Morgan fingerprint density at radius 2 is 2.28 bits per heavy atom. The minimum atomic E-state index is 0.541. The molecular weight excluding hydrogens is 230 g/mol. The quantitative estimate of drug-likeness (QED) is 0.882. The van der Waals surface area contributed by atoms with Crippen LogP contribution in [0.2, 0.25) is 0 Å². The van der Waals surface area contributed by atoms with Gasteiger partial charge in [0.25, 0.3) is 0 Å². The number of anilines is 2. The fraction of sp³-hybridized carbons (Fsp3) is 0.615. The molecule has 1 saturated heterocycles. The first-order valence-corrected chi connectivity index (χ1v) is 6.53. The highest BCUT2D eigenvalue weighted by Gasteiger charge is 2.13. The van der Waals surface area contributed by atoms with Crippen molar-refractivity contribution in [3.8, 4) is 5.88 Å². The molecule has 1 aliphatic heterocycles. The maximum Gasteiger partial charge on any atom is 0.239 e. The molecule has 0 atom stereocenters. The molecule has 0 unspecified atom stereocenters. The molecule has 0 radical (unpaired) electrons. The number of hydrogen-bond acceptors (Lipinski definition) is 5. The van der Waals surface area contributed by atoms with Crippen molar-refractivity contribution in [3.63, 3.8) is 0 Å². The van der Waals surface area contributed by atoms with E-state index in [4.69, 9.17) is 15.2 Å². The van der Waals surface area contributed by atoms with Crippen LogP contribution in [0.1, 0.15) is 19.8 Å². The number of aromatic nitrogens is 1. The summed E-state index contributed by atoms with van der Waals surface area (Å²) in [5.41, 5.74) is 6.46. The van der Waals surface area contributed by atoms with Gasteiger partial charge in [-0.25, -0.2) is 0 Å². The Bertz CT molecular complexity index is 376. The molecule has 5 nitrogen and oxygen atoms in total. The second-order valence-electron chi connectivity index (χ2n) is 4.37. The third-order valence-electron chi connectivity index (χ3n) is 2.86. The van der Waals surface area contributed by atoms with Gasteiger partial charge in [0.2, 0.25) is 5.88 Å². The molecule has 2 N–H and O–H groups in total. The third kappa shape index (κ3) is 3.26. The van der Waals surface area contributed by atoms with Crippen LogP contribution in [0.4, 0.5) is 11.5 Å². The molecule has 0 aromatic carbocycles. The summed E-state index contributed by atoms with van der Waals surface area (Å²) in [5.74, 6) is 1.46. The molecular formula is C13H21N3O2. The van der Waals surface area contributed by atoms with Gasteiger partial charge in [-0.3, -0.25) is 0 Å². The highest BCUT2D eigenvalue weighted by Crippen LogP contribution is 2.23. The van der Waals surface area contributed by atoms with Crippen LogP contribution in [0.25, 0.3) is 0 Å².